The molecule has 4 heteroatoms. The lowest BCUT2D eigenvalue weighted by Gasteiger charge is -2.03. The lowest BCUT2D eigenvalue weighted by Crippen LogP contribution is -2.26. The van der Waals surface area contributed by atoms with Gasteiger partial charge in [-0.05, 0) is 0 Å². The summed E-state index contributed by atoms with van der Waals surface area (Å²) in [6, 6.07) is 2.08. The van der Waals surface area contributed by atoms with Gasteiger partial charge in [0.2, 0.25) is 0 Å². The van der Waals surface area contributed by atoms with Gasteiger partial charge in [-0.25, -0.2) is 4.57 Å². The topological polar surface area (TPSA) is 3.88 Å². The quantitative estimate of drug-likeness (QED) is 0.509. The van der Waals surface area contributed by atoms with E-state index in [2.05, 4.69) is 0 Å². The Morgan fingerprint density at radius 2 is 1.64 bits per heavy atom. The van der Waals surface area contributed by atoms with Crippen LogP contribution in [0.5, 0.6) is 0 Å². The summed E-state index contributed by atoms with van der Waals surface area (Å²) in [5.74, 6) is 0. The van der Waals surface area contributed by atoms with Crippen molar-refractivity contribution < 1.29 is 17.7 Å². The molecule has 0 aromatic carbocycles. The Hall–Kier alpha value is -1.06. The highest BCUT2D eigenvalue weighted by atomic mass is 19.4. The van der Waals surface area contributed by atoms with Crippen molar-refractivity contribution in [3.63, 3.8) is 0 Å². The summed E-state index contributed by atoms with van der Waals surface area (Å²) < 4.78 is 37.3. The fraction of sp³-hybridized carbons (Fsp3) is 0.286. The summed E-state index contributed by atoms with van der Waals surface area (Å²) in [6.07, 6.45) is -1.50. The van der Waals surface area contributed by atoms with Crippen LogP contribution in [0.1, 0.15) is 5.56 Å². The van der Waals surface area contributed by atoms with Crippen LogP contribution in [0.25, 0.3) is 0 Å². The highest BCUT2D eigenvalue weighted by molar-refractivity contribution is 5.10. The molecule has 11 heavy (non-hydrogen) atoms. The van der Waals surface area contributed by atoms with Gasteiger partial charge in [-0.15, -0.1) is 0 Å². The maximum Gasteiger partial charge on any atom is 0.416 e. The first kappa shape index (κ1) is 8.04. The van der Waals surface area contributed by atoms with Crippen LogP contribution in [0, 0.1) is 0 Å². The third-order valence-corrected chi connectivity index (χ3v) is 1.31. The maximum atomic E-state index is 11.9. The Morgan fingerprint density at radius 3 is 2.00 bits per heavy atom. The van der Waals surface area contributed by atoms with Gasteiger partial charge in [0.05, 0.1) is 5.56 Å². The van der Waals surface area contributed by atoms with Gasteiger partial charge >= 0.3 is 6.18 Å². The minimum absolute atomic E-state index is 0.615. The number of hydrogen-bond donors (Lipinski definition) is 0. The summed E-state index contributed by atoms with van der Waals surface area (Å²) in [7, 11) is 1.67. The third kappa shape index (κ3) is 1.93. The normalized spacial score (nSPS) is 11.6. The van der Waals surface area contributed by atoms with Crippen LogP contribution in [-0.4, -0.2) is 0 Å². The van der Waals surface area contributed by atoms with Crippen LogP contribution >= 0.6 is 0 Å². The smallest absolute Gasteiger partial charge is 0.208 e. The highest BCUT2D eigenvalue weighted by Crippen LogP contribution is 2.27. The Labute approximate surface area is 62.1 Å². The van der Waals surface area contributed by atoms with E-state index in [0.717, 1.165) is 12.1 Å². The summed E-state index contributed by atoms with van der Waals surface area (Å²) >= 11 is 0. The predicted molar refractivity (Wildman–Crippen MR) is 32.6 cm³/mol. The zero-order valence-electron chi connectivity index (χ0n) is 5.89. The standard InChI is InChI=1S/C7H7F3N/c1-11-4-2-6(3-5-11)7(8,9)10/h2-5H,1H3/q+1. The number of alkyl halides is 3. The molecular weight excluding hydrogens is 155 g/mol. The predicted octanol–water partition coefficient (Wildman–Crippen LogP) is 1.53. The van der Waals surface area contributed by atoms with Gasteiger partial charge in [0.1, 0.15) is 7.05 Å². The minimum Gasteiger partial charge on any atom is -0.208 e. The van der Waals surface area contributed by atoms with Crippen LogP contribution in [-0.2, 0) is 13.2 Å². The van der Waals surface area contributed by atoms with Gasteiger partial charge in [0, 0.05) is 12.1 Å². The van der Waals surface area contributed by atoms with Crippen LogP contribution in [0.4, 0.5) is 13.2 Å². The number of aromatic nitrogens is 1. The summed E-state index contributed by atoms with van der Waals surface area (Å²) in [5.41, 5.74) is -0.615. The van der Waals surface area contributed by atoms with Gasteiger partial charge in [-0.1, -0.05) is 0 Å². The molecule has 0 spiro atoms. The molecule has 0 saturated heterocycles. The molecule has 60 valence electrons. The van der Waals surface area contributed by atoms with Crippen molar-refractivity contribution in [3.05, 3.63) is 30.1 Å². The Kier molecular flexibility index (Phi) is 1.85. The zero-order chi connectivity index (χ0) is 8.48. The molecule has 0 fully saturated rings. The van der Waals surface area contributed by atoms with E-state index in [4.69, 9.17) is 0 Å². The number of pyridine rings is 1. The first-order valence-corrected chi connectivity index (χ1v) is 3.02. The Bertz CT molecular complexity index is 237. The lowest BCUT2D eigenvalue weighted by molar-refractivity contribution is -0.671. The second-order valence-corrected chi connectivity index (χ2v) is 2.25. The molecule has 1 rings (SSSR count). The zero-order valence-corrected chi connectivity index (χ0v) is 5.89. The molecule has 1 aromatic heterocycles. The van der Waals surface area contributed by atoms with Gasteiger partial charge in [0.25, 0.3) is 0 Å². The van der Waals surface area contributed by atoms with Crippen LogP contribution in [0.2, 0.25) is 0 Å². The van der Waals surface area contributed by atoms with E-state index < -0.39 is 11.7 Å². The van der Waals surface area contributed by atoms with E-state index in [0.29, 0.717) is 0 Å². The van der Waals surface area contributed by atoms with Crippen molar-refractivity contribution in [2.75, 3.05) is 0 Å². The van der Waals surface area contributed by atoms with Crippen molar-refractivity contribution in [3.8, 4) is 0 Å². The summed E-state index contributed by atoms with van der Waals surface area (Å²) in [5, 5.41) is 0. The second-order valence-electron chi connectivity index (χ2n) is 2.25. The average Bonchev–Trinajstić information content (AvgIpc) is 1.86. The van der Waals surface area contributed by atoms with Gasteiger partial charge in [0.15, 0.2) is 12.4 Å². The first-order chi connectivity index (χ1) is 5.00. The number of hydrogen-bond acceptors (Lipinski definition) is 0. The van der Waals surface area contributed by atoms with E-state index in [1.54, 1.807) is 11.6 Å². The lowest BCUT2D eigenvalue weighted by atomic mass is 10.3. The Morgan fingerprint density at radius 1 is 1.18 bits per heavy atom. The van der Waals surface area contributed by atoms with Crippen LogP contribution in [0.15, 0.2) is 24.5 Å². The Balaban J connectivity index is 2.99. The minimum atomic E-state index is -4.23. The monoisotopic (exact) mass is 162 g/mol. The van der Waals surface area contributed by atoms with Crippen molar-refractivity contribution in [2.24, 2.45) is 7.05 Å². The first-order valence-electron chi connectivity index (χ1n) is 3.02. The summed E-state index contributed by atoms with van der Waals surface area (Å²) in [4.78, 5) is 0. The molecule has 1 nitrogen and oxygen atoms in total. The van der Waals surface area contributed by atoms with Gasteiger partial charge < -0.3 is 0 Å². The van der Waals surface area contributed by atoms with Crippen molar-refractivity contribution >= 4 is 0 Å². The number of halogens is 3. The molecule has 1 aromatic rings. The molecule has 0 aliphatic carbocycles. The van der Waals surface area contributed by atoms with E-state index in [1.165, 1.54) is 12.4 Å². The van der Waals surface area contributed by atoms with Gasteiger partial charge in [-0.2, -0.15) is 13.2 Å². The molecule has 0 radical (unpaired) electrons. The van der Waals surface area contributed by atoms with Crippen molar-refractivity contribution in [1.29, 1.82) is 0 Å². The molecule has 0 aliphatic heterocycles. The van der Waals surface area contributed by atoms with Crippen LogP contribution < -0.4 is 4.57 Å². The maximum absolute atomic E-state index is 11.9. The number of nitrogens with zero attached hydrogens (tertiary/aromatic N) is 1. The summed E-state index contributed by atoms with van der Waals surface area (Å²) in [6.45, 7) is 0. The largest absolute Gasteiger partial charge is 0.416 e. The van der Waals surface area contributed by atoms with E-state index in [-0.39, 0.29) is 0 Å². The molecule has 0 N–H and O–H groups in total. The van der Waals surface area contributed by atoms with E-state index >= 15 is 0 Å². The molecule has 0 aliphatic rings. The van der Waals surface area contributed by atoms with E-state index in [1.807, 2.05) is 0 Å². The molecule has 0 unspecified atom stereocenters. The highest BCUT2D eigenvalue weighted by Gasteiger charge is 2.30. The van der Waals surface area contributed by atoms with E-state index in [9.17, 15) is 13.2 Å². The second kappa shape index (κ2) is 2.53. The number of rotatable bonds is 0. The fourth-order valence-electron chi connectivity index (χ4n) is 0.690. The SMILES string of the molecule is C[n+]1ccc(C(F)(F)F)cc1. The average molecular weight is 162 g/mol. The van der Waals surface area contributed by atoms with Crippen molar-refractivity contribution in [1.82, 2.24) is 0 Å². The molecule has 1 heterocycles. The van der Waals surface area contributed by atoms with Crippen LogP contribution in [0.3, 0.4) is 0 Å². The molecule has 0 amide bonds. The van der Waals surface area contributed by atoms with Crippen molar-refractivity contribution in [2.45, 2.75) is 6.18 Å². The van der Waals surface area contributed by atoms with Gasteiger partial charge in [-0.3, -0.25) is 0 Å². The molecular formula is C7H7F3N+. The fourth-order valence-corrected chi connectivity index (χ4v) is 0.690. The third-order valence-electron chi connectivity index (χ3n) is 1.31. The molecule has 0 bridgehead atoms. The molecule has 0 saturated carbocycles. The number of aryl methyl sites for hydroxylation is 1. The molecule has 0 atom stereocenters.